The molecular weight excluding hydrogens is 421 g/mol. The van der Waals surface area contributed by atoms with Crippen LogP contribution in [0.3, 0.4) is 0 Å². The lowest BCUT2D eigenvalue weighted by atomic mass is 10.2. The van der Waals surface area contributed by atoms with E-state index >= 15 is 0 Å². The minimum atomic E-state index is -3.95. The Morgan fingerprint density at radius 1 is 1.16 bits per heavy atom. The Kier molecular flexibility index (Phi) is 5.60. The van der Waals surface area contributed by atoms with Crippen LogP contribution in [0.25, 0.3) is 0 Å². The molecule has 1 aliphatic heterocycles. The molecule has 0 saturated carbocycles. The van der Waals surface area contributed by atoms with Crippen molar-refractivity contribution in [1.29, 1.82) is 0 Å². The standard InChI is InChI=1S/C22H20FN3O4S/c1-15-14-26(31(28,29)19-5-2-17(23)3-6-19)20-13-18(4-7-21(20)30-15)25-22(27)12-16-8-10-24-11-9-16/h2-11,13,15H,12,14H2,1H3,(H,25,27)/t15-/m0/s1. The van der Waals surface area contributed by atoms with E-state index in [1.165, 1.54) is 16.4 Å². The van der Waals surface area contributed by atoms with Crippen LogP contribution in [0, 0.1) is 5.82 Å². The number of sulfonamides is 1. The Morgan fingerprint density at radius 3 is 2.58 bits per heavy atom. The number of rotatable bonds is 5. The first-order valence-electron chi connectivity index (χ1n) is 9.61. The number of nitrogens with one attached hydrogen (secondary N) is 1. The molecule has 2 aromatic carbocycles. The average Bonchev–Trinajstić information content (AvgIpc) is 2.74. The van der Waals surface area contributed by atoms with Crippen molar-refractivity contribution in [2.75, 3.05) is 16.2 Å². The molecule has 1 aromatic heterocycles. The second-order valence-electron chi connectivity index (χ2n) is 7.18. The van der Waals surface area contributed by atoms with E-state index < -0.39 is 15.8 Å². The fourth-order valence-corrected chi connectivity index (χ4v) is 4.87. The van der Waals surface area contributed by atoms with E-state index in [-0.39, 0.29) is 29.9 Å². The van der Waals surface area contributed by atoms with Crippen molar-refractivity contribution >= 4 is 27.3 Å². The summed E-state index contributed by atoms with van der Waals surface area (Å²) in [6.07, 6.45) is 3.00. The lowest BCUT2D eigenvalue weighted by molar-refractivity contribution is -0.115. The number of ether oxygens (including phenoxy) is 1. The number of nitrogens with zero attached hydrogens (tertiary/aromatic N) is 2. The van der Waals surface area contributed by atoms with Crippen molar-refractivity contribution in [2.45, 2.75) is 24.3 Å². The highest BCUT2D eigenvalue weighted by Crippen LogP contribution is 2.39. The molecule has 7 nitrogen and oxygen atoms in total. The van der Waals surface area contributed by atoms with Crippen LogP contribution in [0.1, 0.15) is 12.5 Å². The lowest BCUT2D eigenvalue weighted by Crippen LogP contribution is -2.42. The highest BCUT2D eigenvalue weighted by molar-refractivity contribution is 7.92. The van der Waals surface area contributed by atoms with E-state index in [1.54, 1.807) is 49.6 Å². The van der Waals surface area contributed by atoms with Gasteiger partial charge in [-0.15, -0.1) is 0 Å². The van der Waals surface area contributed by atoms with Gasteiger partial charge in [0.1, 0.15) is 17.7 Å². The molecule has 0 radical (unpaired) electrons. The van der Waals surface area contributed by atoms with E-state index in [9.17, 15) is 17.6 Å². The SMILES string of the molecule is C[C@H]1CN(S(=O)(=O)c2ccc(F)cc2)c2cc(NC(=O)Cc3ccncc3)ccc2O1. The highest BCUT2D eigenvalue weighted by Gasteiger charge is 2.33. The van der Waals surface area contributed by atoms with E-state index in [2.05, 4.69) is 10.3 Å². The van der Waals surface area contributed by atoms with Gasteiger partial charge in [-0.25, -0.2) is 12.8 Å². The molecule has 3 aromatic rings. The van der Waals surface area contributed by atoms with Gasteiger partial charge in [-0.1, -0.05) is 0 Å². The summed E-state index contributed by atoms with van der Waals surface area (Å²) >= 11 is 0. The van der Waals surface area contributed by atoms with Crippen LogP contribution < -0.4 is 14.4 Å². The normalized spacial score (nSPS) is 15.7. The summed E-state index contributed by atoms with van der Waals surface area (Å²) in [5.74, 6) is -0.380. The van der Waals surface area contributed by atoms with E-state index in [0.29, 0.717) is 17.1 Å². The first kappa shape index (κ1) is 20.8. The fraction of sp³-hybridized carbons (Fsp3) is 0.182. The molecule has 4 rings (SSSR count). The Balaban J connectivity index is 1.63. The molecule has 1 atom stereocenters. The molecule has 1 amide bonds. The van der Waals surface area contributed by atoms with Crippen molar-refractivity contribution in [3.63, 3.8) is 0 Å². The quantitative estimate of drug-likeness (QED) is 0.656. The molecule has 1 N–H and O–H groups in total. The van der Waals surface area contributed by atoms with E-state index in [1.807, 2.05) is 0 Å². The maximum absolute atomic E-state index is 13.3. The molecule has 0 saturated heterocycles. The number of benzene rings is 2. The predicted molar refractivity (Wildman–Crippen MR) is 114 cm³/mol. The first-order valence-corrected chi connectivity index (χ1v) is 11.0. The number of carbonyl (C=O) groups excluding carboxylic acids is 1. The Labute approximate surface area is 179 Å². The molecule has 0 aliphatic carbocycles. The summed E-state index contributed by atoms with van der Waals surface area (Å²) < 4.78 is 46.8. The minimum Gasteiger partial charge on any atom is -0.487 e. The van der Waals surface area contributed by atoms with Gasteiger partial charge in [-0.2, -0.15) is 0 Å². The number of amides is 1. The smallest absolute Gasteiger partial charge is 0.264 e. The topological polar surface area (TPSA) is 88.6 Å². The van der Waals surface area contributed by atoms with E-state index in [4.69, 9.17) is 4.74 Å². The molecule has 1 aliphatic rings. The number of hydrogen-bond acceptors (Lipinski definition) is 5. The summed E-state index contributed by atoms with van der Waals surface area (Å²) in [6.45, 7) is 1.85. The number of hydrogen-bond donors (Lipinski definition) is 1. The van der Waals surface area contributed by atoms with Gasteiger partial charge < -0.3 is 10.1 Å². The highest BCUT2D eigenvalue weighted by atomic mass is 32.2. The van der Waals surface area contributed by atoms with Crippen molar-refractivity contribution in [2.24, 2.45) is 0 Å². The van der Waals surface area contributed by atoms with Gasteiger partial charge in [0.05, 0.1) is 23.5 Å². The van der Waals surface area contributed by atoms with E-state index in [0.717, 1.165) is 17.7 Å². The van der Waals surface area contributed by atoms with Gasteiger partial charge in [0.15, 0.2) is 0 Å². The maximum atomic E-state index is 13.3. The molecule has 0 bridgehead atoms. The zero-order valence-corrected chi connectivity index (χ0v) is 17.5. The van der Waals surface area contributed by atoms with Crippen LogP contribution in [0.4, 0.5) is 15.8 Å². The minimum absolute atomic E-state index is 0.0268. The summed E-state index contributed by atoms with van der Waals surface area (Å²) in [7, 11) is -3.95. The Hall–Kier alpha value is -3.46. The van der Waals surface area contributed by atoms with Crippen LogP contribution in [0.5, 0.6) is 5.75 Å². The van der Waals surface area contributed by atoms with Crippen molar-refractivity contribution < 1.29 is 22.3 Å². The summed E-state index contributed by atoms with van der Waals surface area (Å²) in [5, 5.41) is 2.78. The monoisotopic (exact) mass is 441 g/mol. The van der Waals surface area contributed by atoms with Crippen LogP contribution in [0.15, 0.2) is 71.9 Å². The summed E-state index contributed by atoms with van der Waals surface area (Å²) in [5.41, 5.74) is 1.56. The number of aromatic nitrogens is 1. The largest absolute Gasteiger partial charge is 0.487 e. The number of anilines is 2. The molecule has 31 heavy (non-hydrogen) atoms. The fourth-order valence-electron chi connectivity index (χ4n) is 3.33. The van der Waals surface area contributed by atoms with Crippen LogP contribution in [0.2, 0.25) is 0 Å². The molecule has 0 spiro atoms. The lowest BCUT2D eigenvalue weighted by Gasteiger charge is -2.34. The molecule has 0 unspecified atom stereocenters. The Morgan fingerprint density at radius 2 is 1.87 bits per heavy atom. The van der Waals surface area contributed by atoms with Gasteiger partial charge in [0.2, 0.25) is 5.91 Å². The van der Waals surface area contributed by atoms with Gasteiger partial charge in [-0.05, 0) is 67.1 Å². The maximum Gasteiger partial charge on any atom is 0.264 e. The van der Waals surface area contributed by atoms with Gasteiger partial charge in [-0.3, -0.25) is 14.1 Å². The molecular formula is C22H20FN3O4S. The second-order valence-corrected chi connectivity index (χ2v) is 9.04. The van der Waals surface area contributed by atoms with Crippen LogP contribution >= 0.6 is 0 Å². The van der Waals surface area contributed by atoms with Gasteiger partial charge >= 0.3 is 0 Å². The molecule has 2 heterocycles. The third-order valence-corrected chi connectivity index (χ3v) is 6.57. The van der Waals surface area contributed by atoms with Crippen LogP contribution in [-0.2, 0) is 21.2 Å². The molecule has 0 fully saturated rings. The second kappa shape index (κ2) is 8.35. The van der Waals surface area contributed by atoms with Crippen molar-refractivity contribution in [3.8, 4) is 5.75 Å². The third kappa shape index (κ3) is 4.51. The summed E-state index contributed by atoms with van der Waals surface area (Å²) in [4.78, 5) is 16.3. The third-order valence-electron chi connectivity index (χ3n) is 4.78. The Bertz CT molecular complexity index is 1200. The van der Waals surface area contributed by atoms with Crippen molar-refractivity contribution in [3.05, 3.63) is 78.4 Å². The van der Waals surface area contributed by atoms with Gasteiger partial charge in [0, 0.05) is 18.1 Å². The zero-order chi connectivity index (χ0) is 22.0. The molecule has 9 heteroatoms. The van der Waals surface area contributed by atoms with Gasteiger partial charge in [0.25, 0.3) is 10.0 Å². The zero-order valence-electron chi connectivity index (χ0n) is 16.7. The number of halogens is 1. The van der Waals surface area contributed by atoms with Crippen molar-refractivity contribution in [1.82, 2.24) is 4.98 Å². The number of carbonyl (C=O) groups is 1. The predicted octanol–water partition coefficient (Wildman–Crippen LogP) is 3.38. The number of fused-ring (bicyclic) bond motifs is 1. The molecule has 160 valence electrons. The average molecular weight is 441 g/mol. The summed E-state index contributed by atoms with van der Waals surface area (Å²) in [6, 6.07) is 13.0. The van der Waals surface area contributed by atoms with Crippen LogP contribution in [-0.4, -0.2) is 32.0 Å². The first-order chi connectivity index (χ1) is 14.8. The number of pyridine rings is 1.